The van der Waals surface area contributed by atoms with Crippen molar-refractivity contribution in [3.63, 3.8) is 0 Å². The third-order valence-electron chi connectivity index (χ3n) is 3.36. The highest BCUT2D eigenvalue weighted by Crippen LogP contribution is 2.24. The van der Waals surface area contributed by atoms with Gasteiger partial charge in [-0.1, -0.05) is 13.3 Å². The van der Waals surface area contributed by atoms with Crippen molar-refractivity contribution in [2.24, 2.45) is 0 Å². The predicted octanol–water partition coefficient (Wildman–Crippen LogP) is 0.948. The minimum atomic E-state index is -0.335. The molecule has 1 amide bonds. The second-order valence-corrected chi connectivity index (χ2v) is 4.65. The Kier molecular flexibility index (Phi) is 3.78. The number of aromatic nitrogens is 2. The summed E-state index contributed by atoms with van der Waals surface area (Å²) in [5, 5.41) is 13.0. The number of hydrogen-bond acceptors (Lipinski definition) is 3. The van der Waals surface area contributed by atoms with Crippen LogP contribution in [0.4, 0.5) is 0 Å². The van der Waals surface area contributed by atoms with Gasteiger partial charge in [-0.05, 0) is 25.8 Å². The Morgan fingerprint density at radius 2 is 2.53 bits per heavy atom. The molecule has 3 N–H and O–H groups in total. The Labute approximate surface area is 101 Å². The molecule has 0 radical (unpaired) electrons. The second kappa shape index (κ2) is 5.31. The van der Waals surface area contributed by atoms with Crippen molar-refractivity contribution in [3.8, 4) is 0 Å². The molecular formula is C12H20N4O. The first-order valence-corrected chi connectivity index (χ1v) is 6.28. The summed E-state index contributed by atoms with van der Waals surface area (Å²) in [5.74, 6) is 0.123. The topological polar surface area (TPSA) is 69.8 Å². The molecule has 0 aromatic carbocycles. The Hall–Kier alpha value is -1.36. The minimum absolute atomic E-state index is 0.123. The van der Waals surface area contributed by atoms with Gasteiger partial charge >= 0.3 is 0 Å². The summed E-state index contributed by atoms with van der Waals surface area (Å²) in [6, 6.07) is 0. The Morgan fingerprint density at radius 1 is 1.65 bits per heavy atom. The summed E-state index contributed by atoms with van der Waals surface area (Å²) in [7, 11) is 0. The zero-order valence-corrected chi connectivity index (χ0v) is 10.3. The summed E-state index contributed by atoms with van der Waals surface area (Å²) in [4.78, 5) is 12.2. The molecule has 2 heterocycles. The normalized spacial score (nSPS) is 23.8. The van der Waals surface area contributed by atoms with Crippen molar-refractivity contribution in [1.82, 2.24) is 20.8 Å². The number of nitrogens with one attached hydrogen (secondary N) is 3. The van der Waals surface area contributed by atoms with Crippen LogP contribution in [0.1, 0.15) is 38.2 Å². The smallest absolute Gasteiger partial charge is 0.240 e. The summed E-state index contributed by atoms with van der Waals surface area (Å²) in [5.41, 5.74) is 0.668. The zero-order valence-electron chi connectivity index (χ0n) is 10.3. The summed E-state index contributed by atoms with van der Waals surface area (Å²) < 4.78 is 0. The molecule has 1 aromatic heterocycles. The largest absolute Gasteiger partial charge is 0.350 e. The van der Waals surface area contributed by atoms with Gasteiger partial charge in [-0.25, -0.2) is 0 Å². The first-order valence-electron chi connectivity index (χ1n) is 6.28. The molecule has 1 fully saturated rings. The van der Waals surface area contributed by atoms with E-state index in [9.17, 15) is 4.79 Å². The van der Waals surface area contributed by atoms with Crippen molar-refractivity contribution < 1.29 is 4.79 Å². The van der Waals surface area contributed by atoms with Crippen LogP contribution in [0.2, 0.25) is 0 Å². The monoisotopic (exact) mass is 236 g/mol. The lowest BCUT2D eigenvalue weighted by molar-refractivity contribution is -0.127. The molecular weight excluding hydrogens is 216 g/mol. The van der Waals surface area contributed by atoms with Crippen LogP contribution >= 0.6 is 0 Å². The van der Waals surface area contributed by atoms with E-state index in [0.29, 0.717) is 6.54 Å². The second-order valence-electron chi connectivity index (χ2n) is 4.65. The molecule has 1 atom stereocenters. The standard InChI is InChI=1S/C12H20N4O/c1-2-4-12(5-3-6-14-12)11(17)13-7-10-8-15-16-9-10/h8-9,14H,2-7H2,1H3,(H,13,17)(H,15,16). The highest BCUT2D eigenvalue weighted by atomic mass is 16.2. The number of nitrogens with zero attached hydrogens (tertiary/aromatic N) is 1. The molecule has 0 spiro atoms. The quantitative estimate of drug-likeness (QED) is 0.713. The number of rotatable bonds is 5. The van der Waals surface area contributed by atoms with E-state index in [4.69, 9.17) is 0 Å². The van der Waals surface area contributed by atoms with E-state index in [-0.39, 0.29) is 11.4 Å². The van der Waals surface area contributed by atoms with E-state index in [1.54, 1.807) is 12.4 Å². The molecule has 1 aromatic rings. The van der Waals surface area contributed by atoms with Crippen LogP contribution < -0.4 is 10.6 Å². The van der Waals surface area contributed by atoms with Crippen LogP contribution in [0.15, 0.2) is 12.4 Å². The number of carbonyl (C=O) groups is 1. The van der Waals surface area contributed by atoms with Crippen LogP contribution in [0.3, 0.4) is 0 Å². The lowest BCUT2D eigenvalue weighted by Gasteiger charge is -2.27. The number of amides is 1. The maximum Gasteiger partial charge on any atom is 0.240 e. The number of carbonyl (C=O) groups excluding carboxylic acids is 1. The number of aromatic amines is 1. The molecule has 0 bridgehead atoms. The minimum Gasteiger partial charge on any atom is -0.350 e. The molecule has 17 heavy (non-hydrogen) atoms. The molecule has 5 nitrogen and oxygen atoms in total. The maximum atomic E-state index is 12.2. The average molecular weight is 236 g/mol. The molecule has 94 valence electrons. The van der Waals surface area contributed by atoms with Gasteiger partial charge in [0.1, 0.15) is 0 Å². The Balaban J connectivity index is 1.92. The van der Waals surface area contributed by atoms with Crippen molar-refractivity contribution in [2.75, 3.05) is 6.54 Å². The van der Waals surface area contributed by atoms with Gasteiger partial charge in [0.25, 0.3) is 0 Å². The fourth-order valence-electron chi connectivity index (χ4n) is 2.48. The molecule has 1 unspecified atom stereocenters. The van der Waals surface area contributed by atoms with Crippen LogP contribution in [-0.4, -0.2) is 28.2 Å². The van der Waals surface area contributed by atoms with Gasteiger partial charge in [-0.3, -0.25) is 9.89 Å². The first kappa shape index (κ1) is 12.1. The molecule has 2 rings (SSSR count). The van der Waals surface area contributed by atoms with E-state index in [0.717, 1.165) is 37.8 Å². The molecule has 0 aliphatic carbocycles. The molecule has 5 heteroatoms. The van der Waals surface area contributed by atoms with Gasteiger partial charge in [-0.2, -0.15) is 5.10 Å². The average Bonchev–Trinajstić information content (AvgIpc) is 2.97. The van der Waals surface area contributed by atoms with Crippen LogP contribution in [0.5, 0.6) is 0 Å². The van der Waals surface area contributed by atoms with Gasteiger partial charge in [0.2, 0.25) is 5.91 Å². The van der Waals surface area contributed by atoms with Gasteiger partial charge in [0.15, 0.2) is 0 Å². The van der Waals surface area contributed by atoms with Gasteiger partial charge in [-0.15, -0.1) is 0 Å². The van der Waals surface area contributed by atoms with Gasteiger partial charge < -0.3 is 10.6 Å². The first-order chi connectivity index (χ1) is 8.27. The molecule has 1 aliphatic rings. The van der Waals surface area contributed by atoms with E-state index in [1.807, 2.05) is 0 Å². The SMILES string of the molecule is CCCC1(C(=O)NCc2cn[nH]c2)CCCN1. The zero-order chi connectivity index (χ0) is 12.1. The fraction of sp³-hybridized carbons (Fsp3) is 0.667. The maximum absolute atomic E-state index is 12.2. The third-order valence-corrected chi connectivity index (χ3v) is 3.36. The lowest BCUT2D eigenvalue weighted by Crippen LogP contribution is -2.53. The third kappa shape index (κ3) is 2.66. The fourth-order valence-corrected chi connectivity index (χ4v) is 2.48. The van der Waals surface area contributed by atoms with Crippen molar-refractivity contribution in [2.45, 2.75) is 44.7 Å². The molecule has 1 saturated heterocycles. The number of hydrogen-bond donors (Lipinski definition) is 3. The van der Waals surface area contributed by atoms with E-state index >= 15 is 0 Å². The Bertz CT molecular complexity index is 355. The van der Waals surface area contributed by atoms with Gasteiger partial charge in [0.05, 0.1) is 11.7 Å². The van der Waals surface area contributed by atoms with Crippen LogP contribution in [0, 0.1) is 0 Å². The van der Waals surface area contributed by atoms with Crippen molar-refractivity contribution in [3.05, 3.63) is 18.0 Å². The molecule has 1 aliphatic heterocycles. The van der Waals surface area contributed by atoms with E-state index in [1.165, 1.54) is 0 Å². The summed E-state index contributed by atoms with van der Waals surface area (Å²) in [6.07, 6.45) is 7.48. The number of H-pyrrole nitrogens is 1. The summed E-state index contributed by atoms with van der Waals surface area (Å²) >= 11 is 0. The highest BCUT2D eigenvalue weighted by Gasteiger charge is 2.39. The Morgan fingerprint density at radius 3 is 3.12 bits per heavy atom. The van der Waals surface area contributed by atoms with E-state index < -0.39 is 0 Å². The molecule has 0 saturated carbocycles. The van der Waals surface area contributed by atoms with Crippen molar-refractivity contribution in [1.29, 1.82) is 0 Å². The van der Waals surface area contributed by atoms with Crippen LogP contribution in [-0.2, 0) is 11.3 Å². The van der Waals surface area contributed by atoms with Crippen molar-refractivity contribution >= 4 is 5.91 Å². The highest BCUT2D eigenvalue weighted by molar-refractivity contribution is 5.86. The van der Waals surface area contributed by atoms with Gasteiger partial charge in [0, 0.05) is 18.3 Å². The predicted molar refractivity (Wildman–Crippen MR) is 65.3 cm³/mol. The van der Waals surface area contributed by atoms with E-state index in [2.05, 4.69) is 27.8 Å². The lowest BCUT2D eigenvalue weighted by atomic mass is 9.91. The van der Waals surface area contributed by atoms with Crippen LogP contribution in [0.25, 0.3) is 0 Å². The summed E-state index contributed by atoms with van der Waals surface area (Å²) in [6.45, 7) is 3.60.